The molecule has 0 aliphatic carbocycles. The Morgan fingerprint density at radius 2 is 1.94 bits per heavy atom. The molecule has 0 saturated carbocycles. The molecule has 1 heterocycles. The van der Waals surface area contributed by atoms with Crippen molar-refractivity contribution < 1.29 is 0 Å². The molecule has 100 valence electrons. The van der Waals surface area contributed by atoms with Crippen LogP contribution < -0.4 is 10.6 Å². The lowest BCUT2D eigenvalue weighted by Gasteiger charge is -2.38. The summed E-state index contributed by atoms with van der Waals surface area (Å²) in [4.78, 5) is 2.53. The van der Waals surface area contributed by atoms with Crippen LogP contribution in [0.5, 0.6) is 0 Å². The maximum atomic E-state index is 6.05. The molecule has 1 fully saturated rings. The number of rotatable bonds is 3. The van der Waals surface area contributed by atoms with E-state index in [2.05, 4.69) is 49.9 Å². The van der Waals surface area contributed by atoms with Crippen LogP contribution >= 0.6 is 0 Å². The SMILES string of the molecule is CC[C@H](N)c1ccc(N2CCC(C)CC2C)cc1. The molecule has 2 nitrogen and oxygen atoms in total. The fourth-order valence-electron chi connectivity index (χ4n) is 2.94. The molecule has 18 heavy (non-hydrogen) atoms. The minimum absolute atomic E-state index is 0.179. The summed E-state index contributed by atoms with van der Waals surface area (Å²) >= 11 is 0. The highest BCUT2D eigenvalue weighted by Gasteiger charge is 2.22. The average Bonchev–Trinajstić information content (AvgIpc) is 2.38. The summed E-state index contributed by atoms with van der Waals surface area (Å²) in [7, 11) is 0. The molecule has 3 atom stereocenters. The van der Waals surface area contributed by atoms with Gasteiger partial charge in [-0.1, -0.05) is 26.0 Å². The second kappa shape index (κ2) is 5.75. The maximum absolute atomic E-state index is 6.05. The van der Waals surface area contributed by atoms with Gasteiger partial charge in [0.05, 0.1) is 0 Å². The van der Waals surface area contributed by atoms with Crippen LogP contribution in [0.2, 0.25) is 0 Å². The van der Waals surface area contributed by atoms with Crippen LogP contribution in [0.4, 0.5) is 5.69 Å². The standard InChI is InChI=1S/C16H26N2/c1-4-16(17)14-5-7-15(8-6-14)18-10-9-12(2)11-13(18)3/h5-8,12-13,16H,4,9-11,17H2,1-3H3/t12?,13?,16-/m0/s1. The van der Waals surface area contributed by atoms with Gasteiger partial charge in [0.2, 0.25) is 0 Å². The third-order valence-corrected chi connectivity index (χ3v) is 4.23. The Balaban J connectivity index is 2.09. The quantitative estimate of drug-likeness (QED) is 0.880. The zero-order valence-electron chi connectivity index (χ0n) is 11.9. The van der Waals surface area contributed by atoms with Crippen LogP contribution in [0.15, 0.2) is 24.3 Å². The third kappa shape index (κ3) is 2.86. The largest absolute Gasteiger partial charge is 0.369 e. The van der Waals surface area contributed by atoms with Crippen LogP contribution in [0.25, 0.3) is 0 Å². The van der Waals surface area contributed by atoms with E-state index in [1.807, 2.05) is 0 Å². The summed E-state index contributed by atoms with van der Waals surface area (Å²) in [6.07, 6.45) is 3.60. The first-order valence-corrected chi connectivity index (χ1v) is 7.24. The van der Waals surface area contributed by atoms with Crippen molar-refractivity contribution in [1.82, 2.24) is 0 Å². The predicted octanol–water partition coefficient (Wildman–Crippen LogP) is 3.72. The number of benzene rings is 1. The Morgan fingerprint density at radius 3 is 2.50 bits per heavy atom. The zero-order valence-corrected chi connectivity index (χ0v) is 11.9. The van der Waals surface area contributed by atoms with E-state index in [1.54, 1.807) is 0 Å². The van der Waals surface area contributed by atoms with Crippen molar-refractivity contribution in [2.45, 2.75) is 52.1 Å². The summed E-state index contributed by atoms with van der Waals surface area (Å²) in [6, 6.07) is 9.68. The van der Waals surface area contributed by atoms with Crippen molar-refractivity contribution in [2.24, 2.45) is 11.7 Å². The monoisotopic (exact) mass is 246 g/mol. The Morgan fingerprint density at radius 1 is 1.28 bits per heavy atom. The van der Waals surface area contributed by atoms with Crippen molar-refractivity contribution in [1.29, 1.82) is 0 Å². The topological polar surface area (TPSA) is 29.3 Å². The average molecular weight is 246 g/mol. The lowest BCUT2D eigenvalue weighted by atomic mass is 9.92. The summed E-state index contributed by atoms with van der Waals surface area (Å²) in [5.41, 5.74) is 8.65. The van der Waals surface area contributed by atoms with Gasteiger partial charge in [0.15, 0.2) is 0 Å². The van der Waals surface area contributed by atoms with Crippen molar-refractivity contribution in [3.63, 3.8) is 0 Å². The van der Waals surface area contributed by atoms with Gasteiger partial charge in [0.25, 0.3) is 0 Å². The van der Waals surface area contributed by atoms with Gasteiger partial charge in [-0.25, -0.2) is 0 Å². The first-order chi connectivity index (χ1) is 8.61. The van der Waals surface area contributed by atoms with Gasteiger partial charge in [-0.15, -0.1) is 0 Å². The maximum Gasteiger partial charge on any atom is 0.0368 e. The summed E-state index contributed by atoms with van der Waals surface area (Å²) in [5, 5.41) is 0. The van der Waals surface area contributed by atoms with Gasteiger partial charge in [-0.05, 0) is 49.8 Å². The molecular formula is C16H26N2. The Bertz CT molecular complexity index is 371. The summed E-state index contributed by atoms with van der Waals surface area (Å²) < 4.78 is 0. The zero-order chi connectivity index (χ0) is 13.1. The van der Waals surface area contributed by atoms with Crippen LogP contribution in [0, 0.1) is 5.92 Å². The molecule has 0 radical (unpaired) electrons. The van der Waals surface area contributed by atoms with Gasteiger partial charge in [-0.3, -0.25) is 0 Å². The molecule has 0 amide bonds. The fourth-order valence-corrected chi connectivity index (χ4v) is 2.94. The van der Waals surface area contributed by atoms with E-state index in [0.29, 0.717) is 6.04 Å². The predicted molar refractivity (Wildman–Crippen MR) is 78.9 cm³/mol. The highest BCUT2D eigenvalue weighted by Crippen LogP contribution is 2.28. The van der Waals surface area contributed by atoms with Crippen LogP contribution in [0.3, 0.4) is 0 Å². The van der Waals surface area contributed by atoms with E-state index in [4.69, 9.17) is 5.73 Å². The molecule has 1 aliphatic rings. The number of hydrogen-bond acceptors (Lipinski definition) is 2. The number of nitrogens with zero attached hydrogens (tertiary/aromatic N) is 1. The molecule has 0 bridgehead atoms. The number of anilines is 1. The smallest absolute Gasteiger partial charge is 0.0368 e. The van der Waals surface area contributed by atoms with Gasteiger partial charge in [0, 0.05) is 24.3 Å². The van der Waals surface area contributed by atoms with Gasteiger partial charge in [-0.2, -0.15) is 0 Å². The molecule has 1 aromatic carbocycles. The Hall–Kier alpha value is -1.02. The molecule has 2 unspecified atom stereocenters. The lowest BCUT2D eigenvalue weighted by molar-refractivity contribution is 0.378. The number of nitrogens with two attached hydrogens (primary N) is 1. The molecule has 2 rings (SSSR count). The van der Waals surface area contributed by atoms with E-state index in [9.17, 15) is 0 Å². The van der Waals surface area contributed by atoms with Crippen molar-refractivity contribution in [3.8, 4) is 0 Å². The molecule has 0 spiro atoms. The summed E-state index contributed by atoms with van der Waals surface area (Å²) in [5.74, 6) is 0.865. The highest BCUT2D eigenvalue weighted by atomic mass is 15.2. The molecule has 2 heteroatoms. The van der Waals surface area contributed by atoms with Gasteiger partial charge >= 0.3 is 0 Å². The Labute approximate surface area is 111 Å². The van der Waals surface area contributed by atoms with Crippen molar-refractivity contribution in [2.75, 3.05) is 11.4 Å². The van der Waals surface area contributed by atoms with E-state index < -0.39 is 0 Å². The first-order valence-electron chi connectivity index (χ1n) is 7.24. The number of piperidine rings is 1. The molecular weight excluding hydrogens is 220 g/mol. The van der Waals surface area contributed by atoms with E-state index >= 15 is 0 Å². The van der Waals surface area contributed by atoms with Crippen LogP contribution in [0.1, 0.15) is 51.6 Å². The lowest BCUT2D eigenvalue weighted by Crippen LogP contribution is -2.40. The molecule has 0 aromatic heterocycles. The molecule has 2 N–H and O–H groups in total. The second-order valence-electron chi connectivity index (χ2n) is 5.78. The Kier molecular flexibility index (Phi) is 4.28. The van der Waals surface area contributed by atoms with Crippen LogP contribution in [-0.4, -0.2) is 12.6 Å². The molecule has 1 aliphatic heterocycles. The highest BCUT2D eigenvalue weighted by molar-refractivity contribution is 5.49. The van der Waals surface area contributed by atoms with E-state index in [1.165, 1.54) is 30.6 Å². The minimum atomic E-state index is 0.179. The molecule has 1 aromatic rings. The van der Waals surface area contributed by atoms with Crippen LogP contribution in [-0.2, 0) is 0 Å². The second-order valence-corrected chi connectivity index (χ2v) is 5.78. The number of hydrogen-bond donors (Lipinski definition) is 1. The fraction of sp³-hybridized carbons (Fsp3) is 0.625. The first kappa shape index (κ1) is 13.4. The summed E-state index contributed by atoms with van der Waals surface area (Å²) in [6.45, 7) is 8.01. The van der Waals surface area contributed by atoms with Crippen molar-refractivity contribution in [3.05, 3.63) is 29.8 Å². The normalized spacial score (nSPS) is 26.1. The van der Waals surface area contributed by atoms with E-state index in [0.717, 1.165) is 12.3 Å². The van der Waals surface area contributed by atoms with E-state index in [-0.39, 0.29) is 6.04 Å². The minimum Gasteiger partial charge on any atom is -0.369 e. The third-order valence-electron chi connectivity index (χ3n) is 4.23. The van der Waals surface area contributed by atoms with Gasteiger partial charge in [0.1, 0.15) is 0 Å². The van der Waals surface area contributed by atoms with Crippen molar-refractivity contribution >= 4 is 5.69 Å². The van der Waals surface area contributed by atoms with Gasteiger partial charge < -0.3 is 10.6 Å². The molecule has 1 saturated heterocycles.